The highest BCUT2D eigenvalue weighted by Gasteiger charge is 1.99. The van der Waals surface area contributed by atoms with E-state index in [1.807, 2.05) is 24.3 Å². The molecule has 2 aromatic carbocycles. The van der Waals surface area contributed by atoms with Crippen molar-refractivity contribution in [2.24, 2.45) is 0 Å². The molecule has 0 spiro atoms. The van der Waals surface area contributed by atoms with Gasteiger partial charge in [0.15, 0.2) is 0 Å². The van der Waals surface area contributed by atoms with Crippen molar-refractivity contribution in [1.29, 1.82) is 0 Å². The number of hydrogen-bond donors (Lipinski definition) is 1. The molecule has 0 amide bonds. The van der Waals surface area contributed by atoms with Crippen LogP contribution in [0.25, 0.3) is 0 Å². The third-order valence-corrected chi connectivity index (χ3v) is 3.05. The van der Waals surface area contributed by atoms with Gasteiger partial charge >= 0.3 is 0 Å². The van der Waals surface area contributed by atoms with E-state index in [2.05, 4.69) is 36.5 Å². The number of aryl methyl sites for hydroxylation is 1. The minimum absolute atomic E-state index is 0.780. The molecule has 0 unspecified atom stereocenters. The molecular weight excluding hydrogens is 230 g/mol. The molecule has 1 N–H and O–H groups in total. The first-order valence-corrected chi connectivity index (χ1v) is 6.23. The molecule has 0 aliphatic rings. The number of para-hydroxylation sites is 1. The average molecular weight is 246 g/mol. The first-order valence-electron chi connectivity index (χ1n) is 5.86. The zero-order valence-corrected chi connectivity index (χ0v) is 10.7. The fourth-order valence-corrected chi connectivity index (χ4v) is 1.93. The topological polar surface area (TPSA) is 12.0 Å². The number of nitrogens with one attached hydrogen (secondary N) is 1. The second-order valence-corrected chi connectivity index (χ2v) is 4.43. The Morgan fingerprint density at radius 3 is 2.41 bits per heavy atom. The van der Waals surface area contributed by atoms with Crippen LogP contribution < -0.4 is 5.32 Å². The van der Waals surface area contributed by atoms with Gasteiger partial charge in [-0.05, 0) is 35.7 Å². The van der Waals surface area contributed by atoms with E-state index in [0.29, 0.717) is 0 Å². The van der Waals surface area contributed by atoms with Crippen molar-refractivity contribution in [1.82, 2.24) is 0 Å². The lowest BCUT2D eigenvalue weighted by atomic mass is 10.1. The zero-order valence-electron chi connectivity index (χ0n) is 9.91. The van der Waals surface area contributed by atoms with Crippen molar-refractivity contribution in [3.05, 3.63) is 64.7 Å². The van der Waals surface area contributed by atoms with Gasteiger partial charge in [0.25, 0.3) is 0 Å². The Hall–Kier alpha value is -1.47. The molecule has 0 radical (unpaired) electrons. The maximum Gasteiger partial charge on any atom is 0.0406 e. The molecule has 2 heteroatoms. The molecule has 0 saturated heterocycles. The van der Waals surface area contributed by atoms with Gasteiger partial charge in [0.2, 0.25) is 0 Å². The number of anilines is 1. The van der Waals surface area contributed by atoms with Gasteiger partial charge in [0.1, 0.15) is 0 Å². The molecule has 0 bridgehead atoms. The van der Waals surface area contributed by atoms with Crippen molar-refractivity contribution in [2.75, 3.05) is 5.32 Å². The van der Waals surface area contributed by atoms with Crippen LogP contribution in [0.1, 0.15) is 18.1 Å². The molecule has 2 aromatic rings. The van der Waals surface area contributed by atoms with Gasteiger partial charge in [-0.3, -0.25) is 0 Å². The van der Waals surface area contributed by atoms with Crippen LogP contribution in [0.2, 0.25) is 5.02 Å². The highest BCUT2D eigenvalue weighted by Crippen LogP contribution is 2.17. The van der Waals surface area contributed by atoms with Crippen LogP contribution in [0.5, 0.6) is 0 Å². The molecule has 2 rings (SSSR count). The van der Waals surface area contributed by atoms with E-state index >= 15 is 0 Å². The van der Waals surface area contributed by atoms with E-state index in [1.54, 1.807) is 0 Å². The SMILES string of the molecule is CCc1ccccc1NCc1ccc(Cl)cc1. The molecule has 88 valence electrons. The maximum atomic E-state index is 5.86. The second-order valence-electron chi connectivity index (χ2n) is 3.99. The van der Waals surface area contributed by atoms with E-state index in [1.165, 1.54) is 16.8 Å². The fraction of sp³-hybridized carbons (Fsp3) is 0.200. The summed E-state index contributed by atoms with van der Waals surface area (Å²) in [4.78, 5) is 0. The molecule has 1 nitrogen and oxygen atoms in total. The molecule has 0 aliphatic heterocycles. The van der Waals surface area contributed by atoms with Gasteiger partial charge in [-0.15, -0.1) is 0 Å². The Kier molecular flexibility index (Phi) is 4.05. The van der Waals surface area contributed by atoms with E-state index in [9.17, 15) is 0 Å². The minimum Gasteiger partial charge on any atom is -0.381 e. The van der Waals surface area contributed by atoms with E-state index in [4.69, 9.17) is 11.6 Å². The molecule has 0 atom stereocenters. The summed E-state index contributed by atoms with van der Waals surface area (Å²) in [6.07, 6.45) is 1.05. The summed E-state index contributed by atoms with van der Waals surface area (Å²) in [6.45, 7) is 3.00. The fourth-order valence-electron chi connectivity index (χ4n) is 1.80. The third-order valence-electron chi connectivity index (χ3n) is 2.79. The monoisotopic (exact) mass is 245 g/mol. The Morgan fingerprint density at radius 2 is 1.71 bits per heavy atom. The molecular formula is C15H16ClN. The summed E-state index contributed by atoms with van der Waals surface area (Å²) in [7, 11) is 0. The van der Waals surface area contributed by atoms with E-state index in [-0.39, 0.29) is 0 Å². The first-order chi connectivity index (χ1) is 8.29. The number of benzene rings is 2. The molecule has 0 heterocycles. The average Bonchev–Trinajstić information content (AvgIpc) is 2.38. The Bertz CT molecular complexity index is 477. The van der Waals surface area contributed by atoms with Crippen LogP contribution in [-0.2, 0) is 13.0 Å². The molecule has 0 saturated carbocycles. The van der Waals surface area contributed by atoms with Crippen molar-refractivity contribution in [3.63, 3.8) is 0 Å². The zero-order chi connectivity index (χ0) is 12.1. The molecule has 17 heavy (non-hydrogen) atoms. The van der Waals surface area contributed by atoms with E-state index < -0.39 is 0 Å². The van der Waals surface area contributed by atoms with Crippen LogP contribution in [0.3, 0.4) is 0 Å². The van der Waals surface area contributed by atoms with Crippen LogP contribution >= 0.6 is 11.6 Å². The summed E-state index contributed by atoms with van der Waals surface area (Å²) in [5.74, 6) is 0. The van der Waals surface area contributed by atoms with Gasteiger partial charge < -0.3 is 5.32 Å². The highest BCUT2D eigenvalue weighted by molar-refractivity contribution is 6.30. The standard InChI is InChI=1S/C15H16ClN/c1-2-13-5-3-4-6-15(13)17-11-12-7-9-14(16)10-8-12/h3-10,17H,2,11H2,1H3. The maximum absolute atomic E-state index is 5.86. The Morgan fingerprint density at radius 1 is 1.00 bits per heavy atom. The Labute approximate surface area is 107 Å². The number of halogens is 1. The number of hydrogen-bond acceptors (Lipinski definition) is 1. The summed E-state index contributed by atoms with van der Waals surface area (Å²) >= 11 is 5.86. The largest absolute Gasteiger partial charge is 0.381 e. The van der Waals surface area contributed by atoms with Gasteiger partial charge in [-0.25, -0.2) is 0 Å². The lowest BCUT2D eigenvalue weighted by molar-refractivity contribution is 1.09. The van der Waals surface area contributed by atoms with Crippen molar-refractivity contribution in [2.45, 2.75) is 19.9 Å². The minimum atomic E-state index is 0.780. The first kappa shape index (κ1) is 12.0. The normalized spacial score (nSPS) is 10.2. The summed E-state index contributed by atoms with van der Waals surface area (Å²) in [5.41, 5.74) is 3.80. The van der Waals surface area contributed by atoms with Crippen LogP contribution in [0.15, 0.2) is 48.5 Å². The Balaban J connectivity index is 2.04. The van der Waals surface area contributed by atoms with Gasteiger partial charge in [-0.1, -0.05) is 48.9 Å². The second kappa shape index (κ2) is 5.74. The van der Waals surface area contributed by atoms with Crippen LogP contribution in [0.4, 0.5) is 5.69 Å². The lowest BCUT2D eigenvalue weighted by Gasteiger charge is -2.10. The quantitative estimate of drug-likeness (QED) is 0.836. The predicted molar refractivity (Wildman–Crippen MR) is 74.6 cm³/mol. The summed E-state index contributed by atoms with van der Waals surface area (Å²) < 4.78 is 0. The number of rotatable bonds is 4. The molecule has 0 fully saturated rings. The van der Waals surface area contributed by atoms with Crippen molar-refractivity contribution < 1.29 is 0 Å². The van der Waals surface area contributed by atoms with Crippen molar-refractivity contribution in [3.8, 4) is 0 Å². The third kappa shape index (κ3) is 3.24. The lowest BCUT2D eigenvalue weighted by Crippen LogP contribution is -2.01. The van der Waals surface area contributed by atoms with Gasteiger partial charge in [0, 0.05) is 17.3 Å². The van der Waals surface area contributed by atoms with Crippen LogP contribution in [-0.4, -0.2) is 0 Å². The van der Waals surface area contributed by atoms with Crippen molar-refractivity contribution >= 4 is 17.3 Å². The van der Waals surface area contributed by atoms with Gasteiger partial charge in [-0.2, -0.15) is 0 Å². The predicted octanol–water partition coefficient (Wildman–Crippen LogP) is 4.51. The molecule has 0 aromatic heterocycles. The van der Waals surface area contributed by atoms with Crippen LogP contribution in [0, 0.1) is 0 Å². The summed E-state index contributed by atoms with van der Waals surface area (Å²) in [5, 5.41) is 4.24. The van der Waals surface area contributed by atoms with Gasteiger partial charge in [0.05, 0.1) is 0 Å². The molecule has 0 aliphatic carbocycles. The highest BCUT2D eigenvalue weighted by atomic mass is 35.5. The van der Waals surface area contributed by atoms with E-state index in [0.717, 1.165) is 18.0 Å². The summed E-state index contributed by atoms with van der Waals surface area (Å²) in [6, 6.07) is 16.3. The smallest absolute Gasteiger partial charge is 0.0406 e.